The van der Waals surface area contributed by atoms with Gasteiger partial charge in [0, 0.05) is 0 Å². The summed E-state index contributed by atoms with van der Waals surface area (Å²) in [6, 6.07) is 7.40. The molecule has 0 aliphatic carbocycles. The van der Waals surface area contributed by atoms with Crippen LogP contribution in [-0.2, 0) is 18.0 Å². The lowest BCUT2D eigenvalue weighted by Gasteiger charge is -2.08. The minimum Gasteiger partial charge on any atom is -0.494 e. The van der Waals surface area contributed by atoms with E-state index in [0.29, 0.717) is 24.5 Å². The van der Waals surface area contributed by atoms with Gasteiger partial charge in [0.2, 0.25) is 0 Å². The van der Waals surface area contributed by atoms with Gasteiger partial charge < -0.3 is 9.47 Å². The van der Waals surface area contributed by atoms with E-state index in [2.05, 4.69) is 5.10 Å². The SMILES string of the molecule is COc1ccccc1-n1[nH]c2c(c1=O)COC2. The number of hydrogen-bond acceptors (Lipinski definition) is 3. The smallest absolute Gasteiger partial charge is 0.277 e. The van der Waals surface area contributed by atoms with Gasteiger partial charge in [0.05, 0.1) is 31.6 Å². The molecule has 5 heteroatoms. The Bertz CT molecular complexity index is 612. The first-order chi connectivity index (χ1) is 8.31. The summed E-state index contributed by atoms with van der Waals surface area (Å²) in [5.41, 5.74) is 2.20. The molecule has 0 spiro atoms. The summed E-state index contributed by atoms with van der Waals surface area (Å²) in [6.07, 6.45) is 0. The molecule has 1 aromatic carbocycles. The van der Waals surface area contributed by atoms with Crippen LogP contribution in [0, 0.1) is 0 Å². The quantitative estimate of drug-likeness (QED) is 0.846. The van der Waals surface area contributed by atoms with Gasteiger partial charge >= 0.3 is 0 Å². The Balaban J connectivity index is 2.19. The third-order valence-electron chi connectivity index (χ3n) is 2.89. The van der Waals surface area contributed by atoms with Crippen molar-refractivity contribution in [2.75, 3.05) is 7.11 Å². The standard InChI is InChI=1S/C12H12N2O3/c1-16-11-5-3-2-4-10(11)14-12(15)8-6-17-7-9(8)13-14/h2-5,13H,6-7H2,1H3. The highest BCUT2D eigenvalue weighted by molar-refractivity contribution is 5.46. The van der Waals surface area contributed by atoms with E-state index < -0.39 is 0 Å². The number of aromatic amines is 1. The molecule has 0 atom stereocenters. The Kier molecular flexibility index (Phi) is 2.26. The maximum Gasteiger partial charge on any atom is 0.277 e. The molecule has 17 heavy (non-hydrogen) atoms. The van der Waals surface area contributed by atoms with Crippen molar-refractivity contribution in [2.45, 2.75) is 13.2 Å². The first-order valence-corrected chi connectivity index (χ1v) is 5.35. The molecule has 1 aliphatic heterocycles. The minimum atomic E-state index is -0.0676. The molecule has 2 aromatic rings. The molecule has 1 aliphatic rings. The predicted octanol–water partition coefficient (Wildman–Crippen LogP) is 1.20. The second kappa shape index (κ2) is 3.78. The molecular formula is C12H12N2O3. The number of aromatic nitrogens is 2. The van der Waals surface area contributed by atoms with Crippen LogP contribution in [-0.4, -0.2) is 16.9 Å². The van der Waals surface area contributed by atoms with Crippen LogP contribution in [0.1, 0.15) is 11.3 Å². The van der Waals surface area contributed by atoms with Gasteiger partial charge in [-0.3, -0.25) is 9.89 Å². The molecule has 2 heterocycles. The number of rotatable bonds is 2. The van der Waals surface area contributed by atoms with Gasteiger partial charge in [-0.25, -0.2) is 4.68 Å². The van der Waals surface area contributed by atoms with Crippen molar-refractivity contribution in [3.05, 3.63) is 45.9 Å². The van der Waals surface area contributed by atoms with Crippen molar-refractivity contribution >= 4 is 0 Å². The van der Waals surface area contributed by atoms with Crippen molar-refractivity contribution in [3.63, 3.8) is 0 Å². The van der Waals surface area contributed by atoms with E-state index in [1.165, 1.54) is 4.68 Å². The zero-order valence-corrected chi connectivity index (χ0v) is 9.40. The lowest BCUT2D eigenvalue weighted by Crippen LogP contribution is -2.18. The molecule has 0 unspecified atom stereocenters. The fourth-order valence-corrected chi connectivity index (χ4v) is 2.02. The topological polar surface area (TPSA) is 56.2 Å². The lowest BCUT2D eigenvalue weighted by atomic mass is 10.3. The molecule has 0 fully saturated rings. The summed E-state index contributed by atoms with van der Waals surface area (Å²) < 4.78 is 12.0. The summed E-state index contributed by atoms with van der Waals surface area (Å²) in [5, 5.41) is 3.05. The van der Waals surface area contributed by atoms with Gasteiger partial charge in [0.25, 0.3) is 5.56 Å². The third-order valence-corrected chi connectivity index (χ3v) is 2.89. The van der Waals surface area contributed by atoms with E-state index in [4.69, 9.17) is 9.47 Å². The van der Waals surface area contributed by atoms with E-state index >= 15 is 0 Å². The molecule has 0 saturated heterocycles. The second-order valence-corrected chi connectivity index (χ2v) is 3.87. The Morgan fingerprint density at radius 2 is 2.18 bits per heavy atom. The van der Waals surface area contributed by atoms with Crippen LogP contribution in [0.5, 0.6) is 5.75 Å². The number of ether oxygens (including phenoxy) is 2. The van der Waals surface area contributed by atoms with Crippen LogP contribution in [0.25, 0.3) is 5.69 Å². The van der Waals surface area contributed by atoms with Gasteiger partial charge in [0.15, 0.2) is 0 Å². The van der Waals surface area contributed by atoms with Gasteiger partial charge in [-0.15, -0.1) is 0 Å². The largest absolute Gasteiger partial charge is 0.494 e. The third kappa shape index (κ3) is 1.47. The van der Waals surface area contributed by atoms with Crippen LogP contribution in [0.3, 0.4) is 0 Å². The summed E-state index contributed by atoms with van der Waals surface area (Å²) in [7, 11) is 1.59. The number of fused-ring (bicyclic) bond motifs is 1. The van der Waals surface area contributed by atoms with E-state index in [-0.39, 0.29) is 5.56 Å². The monoisotopic (exact) mass is 232 g/mol. The first-order valence-electron chi connectivity index (χ1n) is 5.35. The number of H-pyrrole nitrogens is 1. The predicted molar refractivity (Wildman–Crippen MR) is 61.4 cm³/mol. The number of hydrogen-bond donors (Lipinski definition) is 1. The van der Waals surface area contributed by atoms with E-state index in [1.54, 1.807) is 7.11 Å². The summed E-state index contributed by atoms with van der Waals surface area (Å²) in [6.45, 7) is 0.847. The molecule has 88 valence electrons. The molecule has 0 saturated carbocycles. The van der Waals surface area contributed by atoms with Crippen molar-refractivity contribution in [1.82, 2.24) is 9.78 Å². The maximum absolute atomic E-state index is 12.1. The number of nitrogens with one attached hydrogen (secondary N) is 1. The Morgan fingerprint density at radius 3 is 2.94 bits per heavy atom. The van der Waals surface area contributed by atoms with Crippen molar-refractivity contribution in [1.29, 1.82) is 0 Å². The second-order valence-electron chi connectivity index (χ2n) is 3.87. The highest BCUT2D eigenvalue weighted by atomic mass is 16.5. The summed E-state index contributed by atoms with van der Waals surface area (Å²) in [4.78, 5) is 12.1. The molecule has 0 amide bonds. The average molecular weight is 232 g/mol. The summed E-state index contributed by atoms with van der Waals surface area (Å²) >= 11 is 0. The number of methoxy groups -OCH3 is 1. The van der Waals surface area contributed by atoms with Crippen molar-refractivity contribution < 1.29 is 9.47 Å². The van der Waals surface area contributed by atoms with E-state index in [0.717, 1.165) is 11.4 Å². The molecule has 1 aromatic heterocycles. The number of benzene rings is 1. The molecular weight excluding hydrogens is 220 g/mol. The van der Waals surface area contributed by atoms with Crippen LogP contribution >= 0.6 is 0 Å². The first kappa shape index (κ1) is 10.2. The Labute approximate surface area is 97.6 Å². The van der Waals surface area contributed by atoms with E-state index in [1.807, 2.05) is 24.3 Å². The minimum absolute atomic E-state index is 0.0676. The van der Waals surface area contributed by atoms with E-state index in [9.17, 15) is 4.79 Å². The fraction of sp³-hybridized carbons (Fsp3) is 0.250. The van der Waals surface area contributed by atoms with Gasteiger partial charge in [-0.2, -0.15) is 0 Å². The Hall–Kier alpha value is -2.01. The average Bonchev–Trinajstić information content (AvgIpc) is 2.93. The Morgan fingerprint density at radius 1 is 1.35 bits per heavy atom. The maximum atomic E-state index is 12.1. The zero-order valence-electron chi connectivity index (χ0n) is 9.40. The highest BCUT2D eigenvalue weighted by Crippen LogP contribution is 2.22. The van der Waals surface area contributed by atoms with Crippen LogP contribution < -0.4 is 10.3 Å². The van der Waals surface area contributed by atoms with Crippen LogP contribution in [0.15, 0.2) is 29.1 Å². The summed E-state index contributed by atoms with van der Waals surface area (Å²) in [5.74, 6) is 0.662. The molecule has 0 bridgehead atoms. The van der Waals surface area contributed by atoms with Gasteiger partial charge in [0.1, 0.15) is 11.4 Å². The molecule has 3 rings (SSSR count). The van der Waals surface area contributed by atoms with Gasteiger partial charge in [-0.1, -0.05) is 12.1 Å². The van der Waals surface area contributed by atoms with Crippen LogP contribution in [0.2, 0.25) is 0 Å². The fourth-order valence-electron chi connectivity index (χ4n) is 2.02. The normalized spacial score (nSPS) is 13.7. The van der Waals surface area contributed by atoms with Crippen LogP contribution in [0.4, 0.5) is 0 Å². The number of para-hydroxylation sites is 2. The molecule has 1 N–H and O–H groups in total. The zero-order chi connectivity index (χ0) is 11.8. The number of nitrogens with zero attached hydrogens (tertiary/aromatic N) is 1. The van der Waals surface area contributed by atoms with Crippen molar-refractivity contribution in [3.8, 4) is 11.4 Å². The van der Waals surface area contributed by atoms with Crippen molar-refractivity contribution in [2.24, 2.45) is 0 Å². The molecule has 0 radical (unpaired) electrons. The molecule has 5 nitrogen and oxygen atoms in total. The lowest BCUT2D eigenvalue weighted by molar-refractivity contribution is 0.130. The highest BCUT2D eigenvalue weighted by Gasteiger charge is 2.21. The van der Waals surface area contributed by atoms with Gasteiger partial charge in [-0.05, 0) is 12.1 Å².